The van der Waals surface area contributed by atoms with E-state index in [0.717, 1.165) is 5.56 Å². The summed E-state index contributed by atoms with van der Waals surface area (Å²) in [5.74, 6) is -1.15. The Hall–Kier alpha value is -4.40. The van der Waals surface area contributed by atoms with Crippen molar-refractivity contribution in [1.82, 2.24) is 0 Å². The fourth-order valence-electron chi connectivity index (χ4n) is 2.34. The number of rotatable bonds is 6. The fraction of sp³-hybridized carbons (Fsp3) is 0.0476. The van der Waals surface area contributed by atoms with Gasteiger partial charge in [0, 0.05) is 17.7 Å². The molecule has 9 heteroatoms. The average Bonchev–Trinajstić information content (AvgIpc) is 2.77. The molecule has 0 heterocycles. The van der Waals surface area contributed by atoms with Gasteiger partial charge in [-0.1, -0.05) is 17.7 Å². The molecule has 3 aromatic rings. The summed E-state index contributed by atoms with van der Waals surface area (Å²) in [6.07, 6.45) is 0. The molecular formula is C21H16N4O5. The Morgan fingerprint density at radius 1 is 0.900 bits per heavy atom. The zero-order chi connectivity index (χ0) is 21.5. The lowest BCUT2D eigenvalue weighted by molar-refractivity contribution is -0.384. The fourth-order valence-corrected chi connectivity index (χ4v) is 2.34. The van der Waals surface area contributed by atoms with E-state index < -0.39 is 16.8 Å². The average molecular weight is 404 g/mol. The summed E-state index contributed by atoms with van der Waals surface area (Å²) in [6, 6.07) is 18.4. The van der Waals surface area contributed by atoms with Gasteiger partial charge in [0.05, 0.1) is 21.9 Å². The van der Waals surface area contributed by atoms with Gasteiger partial charge in [0.1, 0.15) is 0 Å². The molecule has 0 aromatic heterocycles. The number of carbonyl (C=O) groups is 2. The van der Waals surface area contributed by atoms with Gasteiger partial charge >= 0.3 is 5.97 Å². The second-order valence-electron chi connectivity index (χ2n) is 6.21. The predicted octanol–water partition coefficient (Wildman–Crippen LogP) is 5.01. The molecule has 0 radical (unpaired) electrons. The summed E-state index contributed by atoms with van der Waals surface area (Å²) < 4.78 is 0. The van der Waals surface area contributed by atoms with E-state index in [1.807, 2.05) is 19.1 Å². The number of non-ortho nitro benzene ring substituents is 1. The molecule has 0 unspecified atom stereocenters. The first-order chi connectivity index (χ1) is 14.4. The SMILES string of the molecule is Cc1ccc(C(=O)ONc2ccc(N=NC(=O)c3ccc([N+](=O)[O-])cc3)cc2)cc1. The summed E-state index contributed by atoms with van der Waals surface area (Å²) in [7, 11) is 0. The number of aryl methyl sites for hydroxylation is 1. The number of nitrogens with one attached hydrogen (secondary N) is 1. The van der Waals surface area contributed by atoms with E-state index >= 15 is 0 Å². The number of anilines is 1. The summed E-state index contributed by atoms with van der Waals surface area (Å²) in [5, 5.41) is 18.1. The third-order valence-corrected chi connectivity index (χ3v) is 4.00. The van der Waals surface area contributed by atoms with Crippen molar-refractivity contribution in [2.24, 2.45) is 10.2 Å². The molecule has 1 N–H and O–H groups in total. The van der Waals surface area contributed by atoms with Crippen LogP contribution in [0.3, 0.4) is 0 Å². The number of benzene rings is 3. The van der Waals surface area contributed by atoms with Crippen molar-refractivity contribution in [1.29, 1.82) is 0 Å². The van der Waals surface area contributed by atoms with E-state index in [0.29, 0.717) is 16.9 Å². The summed E-state index contributed by atoms with van der Waals surface area (Å²) in [6.45, 7) is 1.92. The van der Waals surface area contributed by atoms with E-state index in [-0.39, 0.29) is 11.3 Å². The van der Waals surface area contributed by atoms with Gasteiger partial charge in [0.2, 0.25) is 0 Å². The summed E-state index contributed by atoms with van der Waals surface area (Å²) in [4.78, 5) is 39.1. The second-order valence-corrected chi connectivity index (χ2v) is 6.21. The molecule has 1 amide bonds. The van der Waals surface area contributed by atoms with Crippen LogP contribution in [0.5, 0.6) is 0 Å². The Balaban J connectivity index is 1.55. The first kappa shape index (κ1) is 20.3. The Bertz CT molecular complexity index is 1090. The van der Waals surface area contributed by atoms with Crippen molar-refractivity contribution in [3.63, 3.8) is 0 Å². The zero-order valence-electron chi connectivity index (χ0n) is 15.8. The van der Waals surface area contributed by atoms with Gasteiger partial charge in [0.25, 0.3) is 11.6 Å². The molecule has 0 saturated carbocycles. The zero-order valence-corrected chi connectivity index (χ0v) is 15.8. The smallest absolute Gasteiger partial charge is 0.338 e. The first-order valence-corrected chi connectivity index (χ1v) is 8.77. The van der Waals surface area contributed by atoms with Crippen molar-refractivity contribution in [3.05, 3.63) is 99.6 Å². The van der Waals surface area contributed by atoms with Crippen molar-refractivity contribution in [3.8, 4) is 0 Å². The van der Waals surface area contributed by atoms with Crippen LogP contribution in [-0.4, -0.2) is 16.8 Å². The second kappa shape index (κ2) is 9.20. The van der Waals surface area contributed by atoms with Crippen LogP contribution < -0.4 is 5.48 Å². The molecule has 0 fully saturated rings. The van der Waals surface area contributed by atoms with E-state index in [1.54, 1.807) is 36.4 Å². The van der Waals surface area contributed by atoms with E-state index in [1.165, 1.54) is 24.3 Å². The minimum atomic E-state index is -0.626. The Morgan fingerprint density at radius 3 is 2.10 bits per heavy atom. The number of amides is 1. The monoisotopic (exact) mass is 404 g/mol. The van der Waals surface area contributed by atoms with Crippen LogP contribution in [-0.2, 0) is 4.84 Å². The summed E-state index contributed by atoms with van der Waals surface area (Å²) in [5.41, 5.74) is 4.99. The number of carbonyl (C=O) groups excluding carboxylic acids is 2. The normalized spacial score (nSPS) is 10.6. The third-order valence-electron chi connectivity index (χ3n) is 4.00. The lowest BCUT2D eigenvalue weighted by Gasteiger charge is -2.07. The predicted molar refractivity (Wildman–Crippen MR) is 109 cm³/mol. The molecule has 3 rings (SSSR count). The minimum Gasteiger partial charge on any atom is -0.338 e. The van der Waals surface area contributed by atoms with Gasteiger partial charge < -0.3 is 4.84 Å². The molecular weight excluding hydrogens is 388 g/mol. The van der Waals surface area contributed by atoms with Crippen LogP contribution >= 0.6 is 0 Å². The number of azo groups is 1. The molecule has 0 spiro atoms. The molecule has 0 aliphatic heterocycles. The van der Waals surface area contributed by atoms with Crippen LogP contribution in [0.4, 0.5) is 17.1 Å². The lowest BCUT2D eigenvalue weighted by atomic mass is 10.2. The Kier molecular flexibility index (Phi) is 6.23. The largest absolute Gasteiger partial charge is 0.362 e. The molecule has 9 nitrogen and oxygen atoms in total. The number of hydrogen-bond acceptors (Lipinski definition) is 7. The Morgan fingerprint density at radius 2 is 1.50 bits per heavy atom. The third kappa shape index (κ3) is 5.32. The molecule has 150 valence electrons. The molecule has 0 aliphatic carbocycles. The quantitative estimate of drug-likeness (QED) is 0.350. The summed E-state index contributed by atoms with van der Waals surface area (Å²) >= 11 is 0. The number of nitrogens with zero attached hydrogens (tertiary/aromatic N) is 3. The molecule has 3 aromatic carbocycles. The number of hydrogen-bond donors (Lipinski definition) is 1. The maximum Gasteiger partial charge on any atom is 0.362 e. The van der Waals surface area contributed by atoms with Gasteiger partial charge in [-0.05, 0) is 55.5 Å². The molecule has 0 atom stereocenters. The van der Waals surface area contributed by atoms with Crippen molar-refractivity contribution >= 4 is 28.9 Å². The maximum atomic E-state index is 12.0. The van der Waals surface area contributed by atoms with Crippen LogP contribution in [0, 0.1) is 17.0 Å². The standard InChI is InChI=1S/C21H16N4O5/c1-14-2-4-16(5-3-14)21(27)30-24-18-10-8-17(9-11-18)22-23-20(26)15-6-12-19(13-7-15)25(28)29/h2-13,24H,1H3. The van der Waals surface area contributed by atoms with E-state index in [4.69, 9.17) is 4.84 Å². The van der Waals surface area contributed by atoms with Gasteiger partial charge in [-0.2, -0.15) is 0 Å². The van der Waals surface area contributed by atoms with Gasteiger partial charge in [-0.15, -0.1) is 10.2 Å². The van der Waals surface area contributed by atoms with Gasteiger partial charge in [-0.25, -0.2) is 10.3 Å². The minimum absolute atomic E-state index is 0.116. The van der Waals surface area contributed by atoms with E-state index in [2.05, 4.69) is 15.7 Å². The highest BCUT2D eigenvalue weighted by atomic mass is 16.7. The topological polar surface area (TPSA) is 123 Å². The van der Waals surface area contributed by atoms with Gasteiger partial charge in [0.15, 0.2) is 0 Å². The van der Waals surface area contributed by atoms with E-state index in [9.17, 15) is 19.7 Å². The van der Waals surface area contributed by atoms with Crippen molar-refractivity contribution in [2.45, 2.75) is 6.92 Å². The van der Waals surface area contributed by atoms with Crippen molar-refractivity contribution < 1.29 is 19.3 Å². The number of nitro groups is 1. The van der Waals surface area contributed by atoms with Crippen LogP contribution in [0.25, 0.3) is 0 Å². The molecule has 0 bridgehead atoms. The van der Waals surface area contributed by atoms with Crippen LogP contribution in [0.15, 0.2) is 83.0 Å². The highest BCUT2D eigenvalue weighted by molar-refractivity contribution is 5.94. The number of nitro benzene ring substituents is 1. The van der Waals surface area contributed by atoms with Gasteiger partial charge in [-0.3, -0.25) is 14.9 Å². The molecule has 0 aliphatic rings. The molecule has 30 heavy (non-hydrogen) atoms. The lowest BCUT2D eigenvalue weighted by Crippen LogP contribution is -2.10. The first-order valence-electron chi connectivity index (χ1n) is 8.77. The van der Waals surface area contributed by atoms with Crippen molar-refractivity contribution in [2.75, 3.05) is 5.48 Å². The molecule has 0 saturated heterocycles. The van der Waals surface area contributed by atoms with Crippen LogP contribution in [0.1, 0.15) is 26.3 Å². The Labute approximate surface area is 171 Å². The van der Waals surface area contributed by atoms with Crippen LogP contribution in [0.2, 0.25) is 0 Å². The maximum absolute atomic E-state index is 12.0. The highest BCUT2D eigenvalue weighted by Gasteiger charge is 2.09. The highest BCUT2D eigenvalue weighted by Crippen LogP contribution is 2.18.